The summed E-state index contributed by atoms with van der Waals surface area (Å²) in [6, 6.07) is 4.76. The molecule has 0 spiro atoms. The highest BCUT2D eigenvalue weighted by molar-refractivity contribution is 5.52. The van der Waals surface area contributed by atoms with Crippen LogP contribution in [0.5, 0.6) is 0 Å². The first-order valence-electron chi connectivity index (χ1n) is 11.2. The molecule has 1 heterocycles. The van der Waals surface area contributed by atoms with Crippen LogP contribution >= 0.6 is 0 Å². The minimum Gasteiger partial charge on any atom is -0.388 e. The summed E-state index contributed by atoms with van der Waals surface area (Å²) >= 11 is 0. The standard InChI is InChI=1S/C24H35FN2O2/c1-4-6-13-29-17-22-21(26-3)8-12-27(22)20-15-18(14-19(25)16-20)23(28)24(9-5-2)10-7-11-24/h14-16,21-23,28H,4-13,17H2,1-2H3. The van der Waals surface area contributed by atoms with Crippen molar-refractivity contribution >= 4 is 5.69 Å². The number of benzene rings is 1. The largest absolute Gasteiger partial charge is 0.388 e. The molecular formula is C24H35FN2O2. The van der Waals surface area contributed by atoms with Crippen LogP contribution in [-0.4, -0.2) is 36.9 Å². The number of ether oxygens (including phenoxy) is 1. The van der Waals surface area contributed by atoms with Gasteiger partial charge in [-0.2, -0.15) is 0 Å². The molecule has 0 amide bonds. The highest BCUT2D eigenvalue weighted by Crippen LogP contribution is 2.53. The molecule has 0 aromatic heterocycles. The lowest BCUT2D eigenvalue weighted by Gasteiger charge is -2.46. The lowest BCUT2D eigenvalue weighted by molar-refractivity contribution is -0.0441. The Balaban J connectivity index is 1.81. The third-order valence-corrected chi connectivity index (χ3v) is 6.84. The van der Waals surface area contributed by atoms with E-state index in [1.54, 1.807) is 0 Å². The molecule has 1 saturated heterocycles. The molecule has 1 N–H and O–H groups in total. The predicted molar refractivity (Wildman–Crippen MR) is 114 cm³/mol. The van der Waals surface area contributed by atoms with E-state index in [9.17, 15) is 9.50 Å². The molecule has 1 aliphatic carbocycles. The van der Waals surface area contributed by atoms with Crippen molar-refractivity contribution in [2.75, 3.05) is 24.7 Å². The summed E-state index contributed by atoms with van der Waals surface area (Å²) < 4.78 is 20.4. The third-order valence-electron chi connectivity index (χ3n) is 6.84. The van der Waals surface area contributed by atoms with Crippen LogP contribution in [0.1, 0.15) is 76.9 Å². The maximum atomic E-state index is 14.6. The fraction of sp³-hybridized carbons (Fsp3) is 0.708. The van der Waals surface area contributed by atoms with Gasteiger partial charge in [0.2, 0.25) is 6.04 Å². The molecule has 3 rings (SSSR count). The first-order valence-corrected chi connectivity index (χ1v) is 11.2. The second-order valence-corrected chi connectivity index (χ2v) is 8.79. The van der Waals surface area contributed by atoms with Gasteiger partial charge in [0.25, 0.3) is 0 Å². The molecule has 1 aromatic rings. The molecule has 3 atom stereocenters. The number of unbranched alkanes of at least 4 members (excludes halogenated alkanes) is 1. The van der Waals surface area contributed by atoms with E-state index in [1.807, 2.05) is 6.07 Å². The zero-order valence-corrected chi connectivity index (χ0v) is 17.9. The van der Waals surface area contributed by atoms with Gasteiger partial charge in [-0.3, -0.25) is 0 Å². The van der Waals surface area contributed by atoms with Crippen LogP contribution in [-0.2, 0) is 4.74 Å². The van der Waals surface area contributed by atoms with Crippen LogP contribution in [0.15, 0.2) is 18.2 Å². The molecule has 3 unspecified atom stereocenters. The summed E-state index contributed by atoms with van der Waals surface area (Å²) in [5, 5.41) is 11.1. The van der Waals surface area contributed by atoms with E-state index in [-0.39, 0.29) is 23.3 Å². The second-order valence-electron chi connectivity index (χ2n) is 8.79. The summed E-state index contributed by atoms with van der Waals surface area (Å²) in [5.74, 6) is -0.320. The first-order chi connectivity index (χ1) is 14.0. The van der Waals surface area contributed by atoms with Gasteiger partial charge in [0, 0.05) is 30.7 Å². The summed E-state index contributed by atoms with van der Waals surface area (Å²) in [5.41, 5.74) is 1.33. The average molecular weight is 403 g/mol. The number of rotatable bonds is 10. The van der Waals surface area contributed by atoms with Crippen LogP contribution in [0.2, 0.25) is 0 Å². The van der Waals surface area contributed by atoms with Gasteiger partial charge in [-0.15, -0.1) is 0 Å². The molecule has 2 aliphatic rings. The maximum absolute atomic E-state index is 14.6. The lowest BCUT2D eigenvalue weighted by Crippen LogP contribution is -2.39. The van der Waals surface area contributed by atoms with Crippen LogP contribution < -0.4 is 4.90 Å². The van der Waals surface area contributed by atoms with E-state index in [0.717, 1.165) is 57.1 Å². The van der Waals surface area contributed by atoms with E-state index >= 15 is 0 Å². The molecule has 5 heteroatoms. The Morgan fingerprint density at radius 2 is 2.10 bits per heavy atom. The Labute approximate surface area is 174 Å². The van der Waals surface area contributed by atoms with Crippen LogP contribution in [0.25, 0.3) is 4.85 Å². The molecule has 1 saturated carbocycles. The van der Waals surface area contributed by atoms with Crippen molar-refractivity contribution in [3.8, 4) is 0 Å². The van der Waals surface area contributed by atoms with Crippen molar-refractivity contribution in [3.63, 3.8) is 0 Å². The number of anilines is 1. The van der Waals surface area contributed by atoms with Gasteiger partial charge >= 0.3 is 0 Å². The van der Waals surface area contributed by atoms with E-state index in [2.05, 4.69) is 23.6 Å². The van der Waals surface area contributed by atoms with Gasteiger partial charge in [0.05, 0.1) is 12.7 Å². The van der Waals surface area contributed by atoms with E-state index in [0.29, 0.717) is 25.3 Å². The number of aliphatic hydroxyl groups excluding tert-OH is 1. The summed E-state index contributed by atoms with van der Waals surface area (Å²) in [6.07, 6.45) is 7.35. The number of nitrogens with zero attached hydrogens (tertiary/aromatic N) is 2. The van der Waals surface area contributed by atoms with Gasteiger partial charge in [-0.25, -0.2) is 11.0 Å². The molecule has 160 valence electrons. The molecule has 1 aliphatic heterocycles. The number of aliphatic hydroxyl groups is 1. The Bertz CT molecular complexity index is 713. The molecular weight excluding hydrogens is 367 g/mol. The van der Waals surface area contributed by atoms with Gasteiger partial charge in [0.15, 0.2) is 0 Å². The Morgan fingerprint density at radius 1 is 1.31 bits per heavy atom. The van der Waals surface area contributed by atoms with Crippen molar-refractivity contribution in [2.45, 2.75) is 83.4 Å². The zero-order valence-electron chi connectivity index (χ0n) is 17.9. The highest BCUT2D eigenvalue weighted by atomic mass is 19.1. The third kappa shape index (κ3) is 4.75. The Kier molecular flexibility index (Phi) is 7.54. The van der Waals surface area contributed by atoms with E-state index in [1.165, 1.54) is 12.1 Å². The normalized spacial score (nSPS) is 24.2. The molecule has 0 radical (unpaired) electrons. The van der Waals surface area contributed by atoms with E-state index < -0.39 is 6.10 Å². The Hall–Kier alpha value is -1.64. The van der Waals surface area contributed by atoms with Crippen molar-refractivity contribution in [1.29, 1.82) is 0 Å². The molecule has 2 fully saturated rings. The Morgan fingerprint density at radius 3 is 2.72 bits per heavy atom. The smallest absolute Gasteiger partial charge is 0.247 e. The number of hydrogen-bond acceptors (Lipinski definition) is 3. The van der Waals surface area contributed by atoms with Gasteiger partial charge in [-0.05, 0) is 49.4 Å². The van der Waals surface area contributed by atoms with Crippen molar-refractivity contribution in [1.82, 2.24) is 0 Å². The molecule has 4 nitrogen and oxygen atoms in total. The topological polar surface area (TPSA) is 37.1 Å². The fourth-order valence-electron chi connectivity index (χ4n) is 5.02. The predicted octanol–water partition coefficient (Wildman–Crippen LogP) is 5.51. The quantitative estimate of drug-likeness (QED) is 0.414. The SMILES string of the molecule is [C-]#[N+]C1CCN(c2cc(F)cc(C(O)C3(CCC)CCC3)c2)C1COCCCC. The lowest BCUT2D eigenvalue weighted by atomic mass is 9.61. The number of hydrogen-bond donors (Lipinski definition) is 1. The minimum absolute atomic E-state index is 0.0653. The molecule has 1 aromatic carbocycles. The second kappa shape index (κ2) is 9.91. The van der Waals surface area contributed by atoms with Crippen LogP contribution in [0, 0.1) is 17.8 Å². The fourth-order valence-corrected chi connectivity index (χ4v) is 5.02. The minimum atomic E-state index is -0.635. The first kappa shape index (κ1) is 22.1. The van der Waals surface area contributed by atoms with Crippen LogP contribution in [0.3, 0.4) is 0 Å². The maximum Gasteiger partial charge on any atom is 0.247 e. The molecule has 29 heavy (non-hydrogen) atoms. The summed E-state index contributed by atoms with van der Waals surface area (Å²) in [7, 11) is 0. The van der Waals surface area contributed by atoms with Crippen molar-refractivity contribution in [2.24, 2.45) is 5.41 Å². The summed E-state index contributed by atoms with van der Waals surface area (Å²) in [6.45, 7) is 13.7. The summed E-state index contributed by atoms with van der Waals surface area (Å²) in [4.78, 5) is 5.91. The monoisotopic (exact) mass is 402 g/mol. The van der Waals surface area contributed by atoms with Crippen molar-refractivity contribution in [3.05, 3.63) is 41.0 Å². The van der Waals surface area contributed by atoms with Gasteiger partial charge < -0.3 is 19.6 Å². The van der Waals surface area contributed by atoms with Crippen LogP contribution in [0.4, 0.5) is 10.1 Å². The zero-order chi connectivity index (χ0) is 20.9. The van der Waals surface area contributed by atoms with E-state index in [4.69, 9.17) is 11.3 Å². The van der Waals surface area contributed by atoms with Gasteiger partial charge in [-0.1, -0.05) is 33.1 Å². The van der Waals surface area contributed by atoms with Crippen molar-refractivity contribution < 1.29 is 14.2 Å². The highest BCUT2D eigenvalue weighted by Gasteiger charge is 2.44. The van der Waals surface area contributed by atoms with Gasteiger partial charge in [0.1, 0.15) is 11.9 Å². The molecule has 0 bridgehead atoms. The average Bonchev–Trinajstić information content (AvgIpc) is 3.10. The number of halogens is 1.